The Morgan fingerprint density at radius 2 is 1.79 bits per heavy atom. The Labute approximate surface area is 112 Å². The maximum absolute atomic E-state index is 11.2. The molecule has 0 heterocycles. The van der Waals surface area contributed by atoms with Crippen molar-refractivity contribution in [1.29, 1.82) is 0 Å². The fourth-order valence-corrected chi connectivity index (χ4v) is 1.68. The zero-order chi connectivity index (χ0) is 14.3. The lowest BCUT2D eigenvalue weighted by atomic mass is 10.0. The van der Waals surface area contributed by atoms with Crippen molar-refractivity contribution in [2.75, 3.05) is 14.2 Å². The third-order valence-electron chi connectivity index (χ3n) is 2.79. The molecule has 0 fully saturated rings. The topological polar surface area (TPSA) is 72.8 Å². The maximum atomic E-state index is 11.2. The molecule has 0 saturated carbocycles. The number of rotatable bonds is 6. The van der Waals surface area contributed by atoms with Crippen molar-refractivity contribution in [1.82, 2.24) is 0 Å². The number of carbonyl (C=O) groups excluding carboxylic acids is 2. The van der Waals surface area contributed by atoms with Gasteiger partial charge in [0, 0.05) is 0 Å². The van der Waals surface area contributed by atoms with Gasteiger partial charge in [-0.15, -0.1) is 0 Å². The molecule has 5 heteroatoms. The van der Waals surface area contributed by atoms with Crippen LogP contribution in [0.3, 0.4) is 0 Å². The number of carbonyl (C=O) groups is 2. The van der Waals surface area contributed by atoms with Crippen LogP contribution in [0.2, 0.25) is 0 Å². The van der Waals surface area contributed by atoms with E-state index >= 15 is 0 Å². The molecule has 0 saturated heterocycles. The lowest BCUT2D eigenvalue weighted by Crippen LogP contribution is -2.21. The molecule has 1 aromatic carbocycles. The van der Waals surface area contributed by atoms with Crippen molar-refractivity contribution in [3.05, 3.63) is 35.4 Å². The Hall–Kier alpha value is -1.88. The number of aliphatic hydroxyl groups is 1. The highest BCUT2D eigenvalue weighted by Gasteiger charge is 2.14. The average Bonchev–Trinajstić information content (AvgIpc) is 2.46. The van der Waals surface area contributed by atoms with E-state index in [2.05, 4.69) is 9.47 Å². The van der Waals surface area contributed by atoms with E-state index in [1.54, 1.807) is 12.1 Å². The normalized spacial score (nSPS) is 11.7. The molecule has 1 rings (SSSR count). The van der Waals surface area contributed by atoms with Crippen LogP contribution < -0.4 is 0 Å². The molecule has 104 valence electrons. The number of ether oxygens (including phenoxy) is 2. The summed E-state index contributed by atoms with van der Waals surface area (Å²) in [5.74, 6) is -0.978. The summed E-state index contributed by atoms with van der Waals surface area (Å²) >= 11 is 0. The lowest BCUT2D eigenvalue weighted by Gasteiger charge is -2.08. The molecule has 1 aromatic rings. The minimum Gasteiger partial charge on any atom is -0.467 e. The number of aliphatic hydroxyl groups excluding tert-OH is 1. The van der Waals surface area contributed by atoms with Crippen LogP contribution in [0.1, 0.15) is 28.8 Å². The molecule has 0 aliphatic carbocycles. The number of hydrogen-bond donors (Lipinski definition) is 1. The van der Waals surface area contributed by atoms with Crippen LogP contribution in [-0.4, -0.2) is 37.4 Å². The molecule has 1 unspecified atom stereocenters. The molecule has 0 aliphatic rings. The molecule has 0 amide bonds. The Kier molecular flexibility index (Phi) is 6.02. The second-order valence-electron chi connectivity index (χ2n) is 4.12. The second-order valence-corrected chi connectivity index (χ2v) is 4.12. The van der Waals surface area contributed by atoms with E-state index in [1.165, 1.54) is 14.2 Å². The van der Waals surface area contributed by atoms with Crippen molar-refractivity contribution < 1.29 is 24.2 Å². The van der Waals surface area contributed by atoms with Gasteiger partial charge in [0.1, 0.15) is 0 Å². The van der Waals surface area contributed by atoms with Crippen LogP contribution in [0.4, 0.5) is 0 Å². The van der Waals surface area contributed by atoms with E-state index in [-0.39, 0.29) is 5.97 Å². The van der Waals surface area contributed by atoms with E-state index in [0.717, 1.165) is 12.0 Å². The molecule has 0 aliphatic heterocycles. The van der Waals surface area contributed by atoms with E-state index in [0.29, 0.717) is 18.4 Å². The minimum atomic E-state index is -1.07. The first-order chi connectivity index (χ1) is 9.08. The average molecular weight is 266 g/mol. The van der Waals surface area contributed by atoms with Gasteiger partial charge in [0.2, 0.25) is 0 Å². The standard InChI is InChI=1S/C14H18O5/c1-18-13(16)11-8-6-10(7-9-11)4-3-5-12(15)14(17)19-2/h6-9,12,15H,3-5H2,1-2H3. The first kappa shape index (κ1) is 15.2. The van der Waals surface area contributed by atoms with Crippen molar-refractivity contribution >= 4 is 11.9 Å². The Balaban J connectivity index is 2.42. The van der Waals surface area contributed by atoms with Gasteiger partial charge in [-0.3, -0.25) is 0 Å². The number of methoxy groups -OCH3 is 2. The van der Waals surface area contributed by atoms with Crippen molar-refractivity contribution in [3.63, 3.8) is 0 Å². The molecule has 0 spiro atoms. The van der Waals surface area contributed by atoms with Crippen molar-refractivity contribution in [3.8, 4) is 0 Å². The summed E-state index contributed by atoms with van der Waals surface area (Å²) in [6.07, 6.45) is 0.661. The van der Waals surface area contributed by atoms with E-state index < -0.39 is 12.1 Å². The number of hydrogen-bond acceptors (Lipinski definition) is 5. The van der Waals surface area contributed by atoms with Gasteiger partial charge in [0.05, 0.1) is 19.8 Å². The summed E-state index contributed by atoms with van der Waals surface area (Å²) in [5, 5.41) is 9.41. The maximum Gasteiger partial charge on any atom is 0.337 e. The van der Waals surface area contributed by atoms with Gasteiger partial charge in [-0.05, 0) is 37.0 Å². The SMILES string of the molecule is COC(=O)c1ccc(CCCC(O)C(=O)OC)cc1. The number of benzene rings is 1. The van der Waals surface area contributed by atoms with Crippen LogP contribution in [0, 0.1) is 0 Å². The monoisotopic (exact) mass is 266 g/mol. The van der Waals surface area contributed by atoms with Gasteiger partial charge < -0.3 is 14.6 Å². The zero-order valence-corrected chi connectivity index (χ0v) is 11.1. The fourth-order valence-electron chi connectivity index (χ4n) is 1.68. The molecule has 19 heavy (non-hydrogen) atoms. The third kappa shape index (κ3) is 4.71. The molecule has 5 nitrogen and oxygen atoms in total. The Morgan fingerprint density at radius 3 is 2.32 bits per heavy atom. The highest BCUT2D eigenvalue weighted by molar-refractivity contribution is 5.89. The zero-order valence-electron chi connectivity index (χ0n) is 11.1. The van der Waals surface area contributed by atoms with Gasteiger partial charge in [-0.1, -0.05) is 12.1 Å². The van der Waals surface area contributed by atoms with Crippen LogP contribution in [0.25, 0.3) is 0 Å². The fraction of sp³-hybridized carbons (Fsp3) is 0.429. The predicted molar refractivity (Wildman–Crippen MR) is 68.7 cm³/mol. The van der Waals surface area contributed by atoms with E-state index in [9.17, 15) is 14.7 Å². The smallest absolute Gasteiger partial charge is 0.337 e. The summed E-state index contributed by atoms with van der Waals surface area (Å²) < 4.78 is 9.03. The van der Waals surface area contributed by atoms with Gasteiger partial charge in [-0.25, -0.2) is 9.59 Å². The van der Waals surface area contributed by atoms with E-state index in [4.69, 9.17) is 0 Å². The highest BCUT2D eigenvalue weighted by atomic mass is 16.5. The molecule has 1 atom stereocenters. The van der Waals surface area contributed by atoms with Crippen LogP contribution >= 0.6 is 0 Å². The molecular formula is C14H18O5. The molecule has 0 radical (unpaired) electrons. The van der Waals surface area contributed by atoms with Crippen LogP contribution in [0.5, 0.6) is 0 Å². The summed E-state index contributed by atoms with van der Waals surface area (Å²) in [4.78, 5) is 22.2. The second kappa shape index (κ2) is 7.53. The van der Waals surface area contributed by atoms with Gasteiger partial charge in [0.15, 0.2) is 6.10 Å². The first-order valence-electron chi connectivity index (χ1n) is 6.01. The Bertz CT molecular complexity index is 424. The molecule has 0 bridgehead atoms. The van der Waals surface area contributed by atoms with Crippen molar-refractivity contribution in [2.24, 2.45) is 0 Å². The van der Waals surface area contributed by atoms with Crippen LogP contribution in [-0.2, 0) is 20.7 Å². The summed E-state index contributed by atoms with van der Waals surface area (Å²) in [6.45, 7) is 0. The van der Waals surface area contributed by atoms with Gasteiger partial charge in [0.25, 0.3) is 0 Å². The summed E-state index contributed by atoms with van der Waals surface area (Å²) in [6, 6.07) is 7.04. The summed E-state index contributed by atoms with van der Waals surface area (Å²) in [7, 11) is 2.58. The number of aryl methyl sites for hydroxylation is 1. The third-order valence-corrected chi connectivity index (χ3v) is 2.79. The van der Waals surface area contributed by atoms with Crippen LogP contribution in [0.15, 0.2) is 24.3 Å². The minimum absolute atomic E-state index is 0.353. The predicted octanol–water partition coefficient (Wildman–Crippen LogP) is 1.33. The van der Waals surface area contributed by atoms with Gasteiger partial charge >= 0.3 is 11.9 Å². The summed E-state index contributed by atoms with van der Waals surface area (Å²) in [5.41, 5.74) is 1.53. The molecule has 1 N–H and O–H groups in total. The molecule has 0 aromatic heterocycles. The quantitative estimate of drug-likeness (QED) is 0.786. The Morgan fingerprint density at radius 1 is 1.16 bits per heavy atom. The lowest BCUT2D eigenvalue weighted by molar-refractivity contribution is -0.150. The molecular weight excluding hydrogens is 248 g/mol. The highest BCUT2D eigenvalue weighted by Crippen LogP contribution is 2.10. The first-order valence-corrected chi connectivity index (χ1v) is 6.01. The van der Waals surface area contributed by atoms with Crippen molar-refractivity contribution in [2.45, 2.75) is 25.4 Å². The largest absolute Gasteiger partial charge is 0.467 e. The van der Waals surface area contributed by atoms with Gasteiger partial charge in [-0.2, -0.15) is 0 Å². The van der Waals surface area contributed by atoms with E-state index in [1.807, 2.05) is 12.1 Å². The number of esters is 2.